The van der Waals surface area contributed by atoms with Crippen molar-refractivity contribution in [2.24, 2.45) is 0 Å². The van der Waals surface area contributed by atoms with E-state index < -0.39 is 12.2 Å². The fourth-order valence-electron chi connectivity index (χ4n) is 4.25. The first kappa shape index (κ1) is 34.1. The van der Waals surface area contributed by atoms with Crippen molar-refractivity contribution in [3.63, 3.8) is 0 Å². The van der Waals surface area contributed by atoms with E-state index in [4.69, 9.17) is 4.74 Å². The van der Waals surface area contributed by atoms with Crippen molar-refractivity contribution >= 4 is 24.0 Å². The predicted octanol–water partition coefficient (Wildman–Crippen LogP) is 3.89. The molecule has 4 amide bonds. The van der Waals surface area contributed by atoms with E-state index in [0.717, 1.165) is 62.5 Å². The number of hydrogen-bond acceptors (Lipinski definition) is 6. The Labute approximate surface area is 249 Å². The molecule has 0 aliphatic heterocycles. The zero-order valence-corrected chi connectivity index (χ0v) is 24.5. The van der Waals surface area contributed by atoms with Gasteiger partial charge < -0.3 is 35.5 Å². The number of nitrogens with zero attached hydrogens (tertiary/aromatic N) is 1. The van der Waals surface area contributed by atoms with Gasteiger partial charge in [0.1, 0.15) is 12.7 Å². The Morgan fingerprint density at radius 2 is 1.10 bits per heavy atom. The van der Waals surface area contributed by atoms with Crippen LogP contribution in [0.2, 0.25) is 0 Å². The van der Waals surface area contributed by atoms with Crippen LogP contribution in [-0.4, -0.2) is 55.1 Å². The van der Waals surface area contributed by atoms with Gasteiger partial charge in [0.2, 0.25) is 11.8 Å². The molecule has 0 fully saturated rings. The van der Waals surface area contributed by atoms with E-state index in [1.807, 2.05) is 60.7 Å². The molecule has 10 heteroatoms. The van der Waals surface area contributed by atoms with Crippen LogP contribution in [0.4, 0.5) is 9.59 Å². The number of carbonyl (C=O) groups is 4. The van der Waals surface area contributed by atoms with Crippen LogP contribution in [0.15, 0.2) is 60.7 Å². The lowest BCUT2D eigenvalue weighted by Gasteiger charge is -2.25. The number of benzene rings is 2. The van der Waals surface area contributed by atoms with Crippen molar-refractivity contribution in [1.82, 2.24) is 20.9 Å². The first-order valence-electron chi connectivity index (χ1n) is 14.9. The van der Waals surface area contributed by atoms with Gasteiger partial charge in [-0.2, -0.15) is 0 Å². The van der Waals surface area contributed by atoms with Gasteiger partial charge >= 0.3 is 6.09 Å². The largest absolute Gasteiger partial charge is 0.530 e. The summed E-state index contributed by atoms with van der Waals surface area (Å²) in [6.07, 6.45) is 5.51. The van der Waals surface area contributed by atoms with Gasteiger partial charge in [-0.15, -0.1) is 0 Å². The van der Waals surface area contributed by atoms with Gasteiger partial charge in [-0.3, -0.25) is 9.59 Å². The third kappa shape index (κ3) is 16.9. The fourth-order valence-corrected chi connectivity index (χ4v) is 4.25. The summed E-state index contributed by atoms with van der Waals surface area (Å²) in [7, 11) is 0. The molecule has 0 saturated heterocycles. The third-order valence-corrected chi connectivity index (χ3v) is 6.64. The average Bonchev–Trinajstić information content (AvgIpc) is 3.00. The maximum Gasteiger partial charge on any atom is 0.407 e. The standard InChI is InChI=1S/C32H46N4O6/c37-29(33-21-11-1-2-13-23-35-31(39)42-26-28-17-9-6-10-18-28)19-20-30(38)34-22-12-3-4-14-24-36(32(40)41)25-27-15-7-5-8-16-27/h5-10,15-18H,1-4,11-14,19-26H2,(H,33,37)(H,34,38)(H,35,39)(H,40,41)/p-1. The van der Waals surface area contributed by atoms with E-state index in [1.54, 1.807) is 0 Å². The number of nitrogens with one attached hydrogen (secondary N) is 3. The fraction of sp³-hybridized carbons (Fsp3) is 0.500. The molecule has 3 N–H and O–H groups in total. The molecule has 2 aromatic rings. The van der Waals surface area contributed by atoms with Gasteiger partial charge in [0.25, 0.3) is 0 Å². The molecule has 0 atom stereocenters. The first-order valence-corrected chi connectivity index (χ1v) is 14.9. The monoisotopic (exact) mass is 581 g/mol. The number of amides is 4. The molecule has 0 aliphatic rings. The zero-order valence-electron chi connectivity index (χ0n) is 24.5. The van der Waals surface area contributed by atoms with Gasteiger partial charge in [0, 0.05) is 45.6 Å². The van der Waals surface area contributed by atoms with Gasteiger partial charge in [0.15, 0.2) is 0 Å². The van der Waals surface area contributed by atoms with E-state index >= 15 is 0 Å². The summed E-state index contributed by atoms with van der Waals surface area (Å²) in [5, 5.41) is 19.8. The zero-order chi connectivity index (χ0) is 30.3. The number of unbranched alkanes of at least 4 members (excludes halogenated alkanes) is 6. The van der Waals surface area contributed by atoms with Crippen molar-refractivity contribution < 1.29 is 29.0 Å². The van der Waals surface area contributed by atoms with Crippen molar-refractivity contribution in [2.45, 2.75) is 77.4 Å². The Morgan fingerprint density at radius 3 is 1.62 bits per heavy atom. The molecule has 0 spiro atoms. The minimum atomic E-state index is -1.17. The van der Waals surface area contributed by atoms with Crippen LogP contribution in [0.25, 0.3) is 0 Å². The summed E-state index contributed by atoms with van der Waals surface area (Å²) in [6.45, 7) is 2.63. The number of hydrogen-bond donors (Lipinski definition) is 3. The number of rotatable bonds is 21. The molecule has 10 nitrogen and oxygen atoms in total. The van der Waals surface area contributed by atoms with E-state index in [9.17, 15) is 24.3 Å². The summed E-state index contributed by atoms with van der Waals surface area (Å²) in [4.78, 5) is 48.4. The predicted molar refractivity (Wildman–Crippen MR) is 159 cm³/mol. The number of ether oxygens (including phenoxy) is 1. The lowest BCUT2D eigenvalue weighted by Crippen LogP contribution is -2.41. The van der Waals surface area contributed by atoms with Crippen molar-refractivity contribution in [1.29, 1.82) is 0 Å². The molecule has 0 radical (unpaired) electrons. The van der Waals surface area contributed by atoms with Gasteiger partial charge in [-0.05, 0) is 36.8 Å². The summed E-state index contributed by atoms with van der Waals surface area (Å²) in [6, 6.07) is 18.9. The molecule has 0 aromatic heterocycles. The summed E-state index contributed by atoms with van der Waals surface area (Å²) < 4.78 is 5.16. The van der Waals surface area contributed by atoms with E-state index in [1.165, 1.54) is 4.90 Å². The van der Waals surface area contributed by atoms with E-state index in [2.05, 4.69) is 16.0 Å². The van der Waals surface area contributed by atoms with E-state index in [0.29, 0.717) is 32.7 Å². The highest BCUT2D eigenvalue weighted by Gasteiger charge is 2.08. The molecule has 2 rings (SSSR count). The minimum absolute atomic E-state index is 0.138. The smallest absolute Gasteiger partial charge is 0.407 e. The molecule has 0 bridgehead atoms. The molecular formula is C32H45N4O6-. The molecule has 0 unspecified atom stereocenters. The molecule has 230 valence electrons. The highest BCUT2D eigenvalue weighted by Crippen LogP contribution is 2.07. The van der Waals surface area contributed by atoms with Gasteiger partial charge in [-0.1, -0.05) is 86.3 Å². The van der Waals surface area contributed by atoms with Crippen LogP contribution in [-0.2, 0) is 27.5 Å². The lowest BCUT2D eigenvalue weighted by atomic mass is 10.1. The quantitative estimate of drug-likeness (QED) is 0.191. The Hall–Kier alpha value is -4.08. The molecule has 0 heterocycles. The Morgan fingerprint density at radius 1 is 0.619 bits per heavy atom. The van der Waals surface area contributed by atoms with E-state index in [-0.39, 0.29) is 31.3 Å². The molecule has 2 aromatic carbocycles. The Kier molecular flexibility index (Phi) is 17.6. The second-order valence-electron chi connectivity index (χ2n) is 10.2. The highest BCUT2D eigenvalue weighted by atomic mass is 16.5. The number of carboxylic acid groups (broad SMARTS) is 1. The maximum atomic E-state index is 12.0. The van der Waals surface area contributed by atoms with Gasteiger partial charge in [-0.25, -0.2) is 4.79 Å². The second-order valence-corrected chi connectivity index (χ2v) is 10.2. The Balaban J connectivity index is 1.36. The van der Waals surface area contributed by atoms with Crippen LogP contribution < -0.4 is 21.1 Å². The van der Waals surface area contributed by atoms with Crippen LogP contribution >= 0.6 is 0 Å². The minimum Gasteiger partial charge on any atom is -0.530 e. The van der Waals surface area contributed by atoms with Gasteiger partial charge in [0.05, 0.1) is 0 Å². The highest BCUT2D eigenvalue weighted by molar-refractivity contribution is 5.83. The first-order chi connectivity index (χ1) is 20.4. The maximum absolute atomic E-state index is 12.0. The molecule has 42 heavy (non-hydrogen) atoms. The van der Waals surface area contributed by atoms with Crippen molar-refractivity contribution in [3.05, 3.63) is 71.8 Å². The Bertz CT molecular complexity index is 1050. The number of alkyl carbamates (subject to hydrolysis) is 1. The second kappa shape index (κ2) is 21.6. The lowest BCUT2D eigenvalue weighted by molar-refractivity contribution is -0.266. The summed E-state index contributed by atoms with van der Waals surface area (Å²) >= 11 is 0. The molecule has 0 saturated carbocycles. The summed E-state index contributed by atoms with van der Waals surface area (Å²) in [5.74, 6) is -0.285. The normalized spacial score (nSPS) is 10.5. The molecule has 0 aliphatic carbocycles. The average molecular weight is 582 g/mol. The third-order valence-electron chi connectivity index (χ3n) is 6.64. The SMILES string of the molecule is O=C(CCC(=O)NCCCCCCN(Cc1ccccc1)C(=O)[O-])NCCCCCCNC(=O)OCc1ccccc1. The summed E-state index contributed by atoms with van der Waals surface area (Å²) in [5.41, 5.74) is 1.87. The topological polar surface area (TPSA) is 140 Å². The van der Waals surface area contributed by atoms with Crippen LogP contribution in [0, 0.1) is 0 Å². The van der Waals surface area contributed by atoms with Crippen LogP contribution in [0.5, 0.6) is 0 Å². The molecular weight excluding hydrogens is 536 g/mol. The van der Waals surface area contributed by atoms with Crippen LogP contribution in [0.3, 0.4) is 0 Å². The van der Waals surface area contributed by atoms with Crippen molar-refractivity contribution in [3.8, 4) is 0 Å². The van der Waals surface area contributed by atoms with Crippen LogP contribution in [0.1, 0.15) is 75.3 Å². The van der Waals surface area contributed by atoms with Crippen molar-refractivity contribution in [2.75, 3.05) is 26.2 Å². The number of carbonyl (C=O) groups excluding carboxylic acids is 4.